The highest BCUT2D eigenvalue weighted by molar-refractivity contribution is 6.07. The number of hydrogen-bond donors (Lipinski definition) is 1. The number of nitrogens with zero attached hydrogens (tertiary/aromatic N) is 1. The number of ether oxygens (including phenoxy) is 2. The van der Waals surface area contributed by atoms with Crippen molar-refractivity contribution in [2.75, 3.05) is 19.8 Å². The summed E-state index contributed by atoms with van der Waals surface area (Å²) in [4.78, 5) is 17.1. The van der Waals surface area contributed by atoms with Crippen LogP contribution >= 0.6 is 0 Å². The first-order valence-electron chi connectivity index (χ1n) is 10.9. The molecule has 1 atom stereocenters. The number of aryl methyl sites for hydroxylation is 2. The number of carbonyl (C=O) groups is 1. The zero-order valence-corrected chi connectivity index (χ0v) is 18.2. The average Bonchev–Trinajstić information content (AvgIpc) is 3.15. The number of rotatable bonds is 5. The number of carboxylic acids is 1. The molecule has 0 radical (unpaired) electrons. The molecule has 1 N–H and O–H groups in total. The highest BCUT2D eigenvalue weighted by atomic mass is 16.5. The number of aromatic carboxylic acids is 1. The molecule has 2 aromatic carbocycles. The molecule has 6 nitrogen and oxygen atoms in total. The number of pyridine rings is 1. The Balaban J connectivity index is 1.63. The number of benzene rings is 2. The van der Waals surface area contributed by atoms with E-state index in [1.54, 1.807) is 6.07 Å². The quantitative estimate of drug-likeness (QED) is 0.432. The molecule has 3 heterocycles. The van der Waals surface area contributed by atoms with Crippen molar-refractivity contribution in [2.45, 2.75) is 26.7 Å². The zero-order valence-electron chi connectivity index (χ0n) is 18.2. The lowest BCUT2D eigenvalue weighted by Gasteiger charge is -2.23. The minimum absolute atomic E-state index is 0.156. The molecule has 0 amide bonds. The Morgan fingerprint density at radius 3 is 2.81 bits per heavy atom. The minimum Gasteiger partial charge on any atom is -0.492 e. The topological polar surface area (TPSA) is 81.8 Å². The van der Waals surface area contributed by atoms with Gasteiger partial charge in [-0.25, -0.2) is 9.78 Å². The third kappa shape index (κ3) is 3.60. The fourth-order valence-corrected chi connectivity index (χ4v) is 4.41. The Kier molecular flexibility index (Phi) is 5.31. The van der Waals surface area contributed by atoms with Gasteiger partial charge in [0.15, 0.2) is 5.76 Å². The molecule has 0 bridgehead atoms. The van der Waals surface area contributed by atoms with Gasteiger partial charge in [0.2, 0.25) is 0 Å². The van der Waals surface area contributed by atoms with Crippen molar-refractivity contribution in [1.82, 2.24) is 4.98 Å². The molecule has 0 aliphatic carbocycles. The van der Waals surface area contributed by atoms with Gasteiger partial charge in [-0.15, -0.1) is 0 Å². The first-order chi connectivity index (χ1) is 15.5. The van der Waals surface area contributed by atoms with E-state index in [-0.39, 0.29) is 5.56 Å². The Morgan fingerprint density at radius 2 is 2.06 bits per heavy atom. The average molecular weight is 431 g/mol. The van der Waals surface area contributed by atoms with Crippen LogP contribution in [0.15, 0.2) is 46.9 Å². The first kappa shape index (κ1) is 20.5. The summed E-state index contributed by atoms with van der Waals surface area (Å²) >= 11 is 0. The molecule has 0 saturated carbocycles. The maximum atomic E-state index is 12.3. The molecule has 164 valence electrons. The molecule has 2 aromatic heterocycles. The lowest BCUT2D eigenvalue weighted by molar-refractivity contribution is 0.0354. The van der Waals surface area contributed by atoms with Crippen molar-refractivity contribution < 1.29 is 23.8 Å². The van der Waals surface area contributed by atoms with Gasteiger partial charge in [0.1, 0.15) is 17.0 Å². The van der Waals surface area contributed by atoms with E-state index < -0.39 is 5.97 Å². The van der Waals surface area contributed by atoms with Crippen molar-refractivity contribution in [3.8, 4) is 17.2 Å². The summed E-state index contributed by atoms with van der Waals surface area (Å²) in [6, 6.07) is 13.1. The van der Waals surface area contributed by atoms with Gasteiger partial charge < -0.3 is 19.0 Å². The number of aromatic nitrogens is 1. The molecule has 0 spiro atoms. The van der Waals surface area contributed by atoms with E-state index in [0.717, 1.165) is 41.5 Å². The van der Waals surface area contributed by atoms with Crippen LogP contribution in [0.1, 0.15) is 34.3 Å². The lowest BCUT2D eigenvalue weighted by Crippen LogP contribution is -2.23. The second-order valence-corrected chi connectivity index (χ2v) is 8.41. The first-order valence-corrected chi connectivity index (χ1v) is 10.9. The molecule has 1 fully saturated rings. The van der Waals surface area contributed by atoms with Gasteiger partial charge in [-0.05, 0) is 50.5 Å². The van der Waals surface area contributed by atoms with Crippen LogP contribution in [0.3, 0.4) is 0 Å². The maximum absolute atomic E-state index is 12.3. The van der Waals surface area contributed by atoms with E-state index in [0.29, 0.717) is 47.2 Å². The van der Waals surface area contributed by atoms with Crippen LogP contribution in [-0.2, 0) is 4.74 Å². The van der Waals surface area contributed by atoms with Gasteiger partial charge in [-0.2, -0.15) is 0 Å². The number of carboxylic acid groups (broad SMARTS) is 1. The summed E-state index contributed by atoms with van der Waals surface area (Å²) in [7, 11) is 0. The van der Waals surface area contributed by atoms with Gasteiger partial charge in [-0.1, -0.05) is 24.3 Å². The van der Waals surface area contributed by atoms with Crippen LogP contribution in [0.5, 0.6) is 5.75 Å². The second-order valence-electron chi connectivity index (χ2n) is 8.41. The smallest absolute Gasteiger partial charge is 0.336 e. The number of hydrogen-bond acceptors (Lipinski definition) is 5. The molecule has 6 heteroatoms. The molecular formula is C26H25NO5. The monoisotopic (exact) mass is 431 g/mol. The predicted molar refractivity (Wildman–Crippen MR) is 122 cm³/mol. The maximum Gasteiger partial charge on any atom is 0.336 e. The summed E-state index contributed by atoms with van der Waals surface area (Å²) in [6.45, 7) is 5.84. The SMILES string of the molecule is Cc1c(-c2cc(C(=O)O)c3c(OC[C@@H]4CCCOC4)ccc(C)c3n2)oc2ccccc12. The van der Waals surface area contributed by atoms with Gasteiger partial charge in [-0.3, -0.25) is 0 Å². The molecule has 1 aliphatic heterocycles. The van der Waals surface area contributed by atoms with Crippen molar-refractivity contribution in [1.29, 1.82) is 0 Å². The highest BCUT2D eigenvalue weighted by Gasteiger charge is 2.22. The normalized spacial score (nSPS) is 16.5. The minimum atomic E-state index is -1.02. The van der Waals surface area contributed by atoms with Crippen LogP contribution in [-0.4, -0.2) is 35.9 Å². The summed E-state index contributed by atoms with van der Waals surface area (Å²) in [5, 5.41) is 11.6. The fourth-order valence-electron chi connectivity index (χ4n) is 4.41. The predicted octanol–water partition coefficient (Wildman–Crippen LogP) is 5.77. The van der Waals surface area contributed by atoms with Crippen molar-refractivity contribution in [3.05, 3.63) is 59.2 Å². The second kappa shape index (κ2) is 8.28. The van der Waals surface area contributed by atoms with Crippen LogP contribution in [0, 0.1) is 19.8 Å². The summed E-state index contributed by atoms with van der Waals surface area (Å²) in [5.41, 5.74) is 3.84. The van der Waals surface area contributed by atoms with E-state index in [2.05, 4.69) is 0 Å². The van der Waals surface area contributed by atoms with Crippen LogP contribution < -0.4 is 4.74 Å². The highest BCUT2D eigenvalue weighted by Crippen LogP contribution is 2.37. The third-order valence-electron chi connectivity index (χ3n) is 6.16. The molecule has 1 saturated heterocycles. The van der Waals surface area contributed by atoms with Gasteiger partial charge in [0.05, 0.1) is 29.7 Å². The van der Waals surface area contributed by atoms with E-state index in [1.807, 2.05) is 50.2 Å². The molecule has 5 rings (SSSR count). The summed E-state index contributed by atoms with van der Waals surface area (Å²) < 4.78 is 17.7. The Labute approximate surface area is 185 Å². The molecule has 1 aliphatic rings. The standard InChI is InChI=1S/C26H25NO5/c1-15-9-10-22(31-14-17-6-5-11-30-13-17)23-19(26(28)29)12-20(27-24(15)23)25-16(2)18-7-3-4-8-21(18)32-25/h3-4,7-10,12,17H,5-6,11,13-14H2,1-2H3,(H,28,29)/t17-/m1/s1. The number of furan rings is 1. The molecule has 32 heavy (non-hydrogen) atoms. The number of para-hydroxylation sites is 1. The Bertz CT molecular complexity index is 1320. The van der Waals surface area contributed by atoms with E-state index in [9.17, 15) is 9.90 Å². The van der Waals surface area contributed by atoms with Crippen molar-refractivity contribution >= 4 is 27.8 Å². The summed E-state index contributed by atoms with van der Waals surface area (Å²) in [6.07, 6.45) is 2.06. The Morgan fingerprint density at radius 1 is 1.22 bits per heavy atom. The molecular weight excluding hydrogens is 406 g/mol. The third-order valence-corrected chi connectivity index (χ3v) is 6.16. The molecule has 0 unspecified atom stereocenters. The zero-order chi connectivity index (χ0) is 22.2. The van der Waals surface area contributed by atoms with Gasteiger partial charge >= 0.3 is 5.97 Å². The van der Waals surface area contributed by atoms with E-state index >= 15 is 0 Å². The Hall–Kier alpha value is -3.38. The number of fused-ring (bicyclic) bond motifs is 2. The largest absolute Gasteiger partial charge is 0.492 e. The van der Waals surface area contributed by atoms with E-state index in [1.165, 1.54) is 0 Å². The van der Waals surface area contributed by atoms with E-state index in [4.69, 9.17) is 18.9 Å². The van der Waals surface area contributed by atoms with Crippen LogP contribution in [0.2, 0.25) is 0 Å². The summed E-state index contributed by atoms with van der Waals surface area (Å²) in [5.74, 6) is 0.400. The fraction of sp³-hybridized carbons (Fsp3) is 0.308. The van der Waals surface area contributed by atoms with Gasteiger partial charge in [0.25, 0.3) is 0 Å². The van der Waals surface area contributed by atoms with Crippen molar-refractivity contribution in [3.63, 3.8) is 0 Å². The van der Waals surface area contributed by atoms with Gasteiger partial charge in [0, 0.05) is 23.5 Å². The van der Waals surface area contributed by atoms with Crippen molar-refractivity contribution in [2.24, 2.45) is 5.92 Å². The molecule has 4 aromatic rings. The van der Waals surface area contributed by atoms with Crippen LogP contribution in [0.25, 0.3) is 33.3 Å². The van der Waals surface area contributed by atoms with Crippen LogP contribution in [0.4, 0.5) is 0 Å². The lowest BCUT2D eigenvalue weighted by atomic mass is 10.0.